The Morgan fingerprint density at radius 2 is 2.03 bits per heavy atom. The molecule has 1 fully saturated rings. The van der Waals surface area contributed by atoms with Crippen molar-refractivity contribution in [3.63, 3.8) is 0 Å². The summed E-state index contributed by atoms with van der Waals surface area (Å²) >= 11 is 0. The van der Waals surface area contributed by atoms with Crippen LogP contribution >= 0.6 is 0 Å². The lowest BCUT2D eigenvalue weighted by Crippen LogP contribution is -2.41. The third-order valence-electron chi connectivity index (χ3n) is 7.06. The number of aliphatic hydroxyl groups is 1. The number of carbonyl (C=O) groups is 1. The van der Waals surface area contributed by atoms with Gasteiger partial charge in [-0.15, -0.1) is 0 Å². The van der Waals surface area contributed by atoms with Gasteiger partial charge in [0.15, 0.2) is 6.17 Å². The quantitative estimate of drug-likeness (QED) is 0.754. The van der Waals surface area contributed by atoms with Gasteiger partial charge in [-0.25, -0.2) is 13.8 Å². The van der Waals surface area contributed by atoms with Crippen molar-refractivity contribution in [2.75, 3.05) is 13.1 Å². The van der Waals surface area contributed by atoms with E-state index in [1.165, 1.54) is 11.1 Å². The summed E-state index contributed by atoms with van der Waals surface area (Å²) in [5, 5.41) is 11.0. The topological polar surface area (TPSA) is 58.4 Å². The average molecular weight is 440 g/mol. The van der Waals surface area contributed by atoms with Crippen LogP contribution in [0.5, 0.6) is 0 Å². The highest BCUT2D eigenvalue weighted by Crippen LogP contribution is 2.42. The van der Waals surface area contributed by atoms with E-state index in [2.05, 4.69) is 21.7 Å². The van der Waals surface area contributed by atoms with Crippen molar-refractivity contribution in [2.45, 2.75) is 50.4 Å². The molecule has 5 rings (SSSR count). The van der Waals surface area contributed by atoms with Gasteiger partial charge in [-0.3, -0.25) is 4.79 Å². The molecule has 3 atom stereocenters. The molecular weight excluding hydrogens is 412 g/mol. The van der Waals surface area contributed by atoms with Gasteiger partial charge in [0.05, 0.1) is 36.8 Å². The molecule has 3 aliphatic rings. The predicted octanol–water partition coefficient (Wildman–Crippen LogP) is 4.35. The molecule has 1 saturated heterocycles. The summed E-state index contributed by atoms with van der Waals surface area (Å²) in [6.45, 7) is 1.15. The van der Waals surface area contributed by atoms with E-state index >= 15 is 0 Å². The number of hydrogen-bond acceptors (Lipinski definition) is 3. The zero-order valence-corrected chi connectivity index (χ0v) is 17.8. The van der Waals surface area contributed by atoms with Crippen LogP contribution in [-0.4, -0.2) is 50.8 Å². The Balaban J connectivity index is 1.17. The minimum Gasteiger partial charge on any atom is -0.393 e. The second kappa shape index (κ2) is 8.62. The van der Waals surface area contributed by atoms with Gasteiger partial charge in [0, 0.05) is 25.1 Å². The van der Waals surface area contributed by atoms with Crippen LogP contribution in [0, 0.1) is 5.92 Å². The zero-order valence-electron chi connectivity index (χ0n) is 17.8. The molecule has 2 aliphatic heterocycles. The Hall–Kier alpha value is -2.80. The van der Waals surface area contributed by atoms with Crippen molar-refractivity contribution >= 4 is 5.91 Å². The number of aliphatic hydroxyl groups excluding tert-OH is 1. The molecule has 1 aromatic carbocycles. The van der Waals surface area contributed by atoms with Gasteiger partial charge >= 0.3 is 0 Å². The summed E-state index contributed by atoms with van der Waals surface area (Å²) in [7, 11) is 0. The van der Waals surface area contributed by atoms with E-state index in [0.29, 0.717) is 25.1 Å². The van der Waals surface area contributed by atoms with Crippen molar-refractivity contribution in [1.29, 1.82) is 0 Å². The number of amides is 1. The van der Waals surface area contributed by atoms with E-state index < -0.39 is 18.1 Å². The van der Waals surface area contributed by atoms with Gasteiger partial charge < -0.3 is 14.6 Å². The molecule has 1 N–H and O–H groups in total. The number of fused-ring (bicyclic) bond motifs is 3. The lowest BCUT2D eigenvalue weighted by molar-refractivity contribution is -0.132. The Morgan fingerprint density at radius 3 is 2.81 bits per heavy atom. The standard InChI is InChI=1S/C25H27F2N3O2/c26-20-6-5-16(11-21(20)27)12-25(32)29-9-7-17(8-10-29)24(31)13-22-18-3-1-2-4-19(18)23-14-28-15-30(22)23/h1-5,11,14-15,17,20,22,24,31H,6-10,12-13H2. The van der Waals surface area contributed by atoms with Gasteiger partial charge in [-0.05, 0) is 42.4 Å². The molecule has 0 bridgehead atoms. The number of carbonyl (C=O) groups excluding carboxylic acids is 1. The molecule has 3 heterocycles. The number of halogens is 2. The summed E-state index contributed by atoms with van der Waals surface area (Å²) < 4.78 is 28.9. The van der Waals surface area contributed by atoms with Crippen LogP contribution < -0.4 is 0 Å². The van der Waals surface area contributed by atoms with Crippen LogP contribution in [0.15, 0.2) is 60.3 Å². The first-order chi connectivity index (χ1) is 15.5. The Bertz CT molecular complexity index is 1070. The molecule has 1 aliphatic carbocycles. The van der Waals surface area contributed by atoms with E-state index in [1.54, 1.807) is 11.0 Å². The SMILES string of the molecule is O=C(CC1=CCC(F)C(F)=C1)N1CCC(C(O)CC2c3ccccc3-c3cncn32)CC1. The number of piperidine rings is 1. The van der Waals surface area contributed by atoms with E-state index in [0.717, 1.165) is 24.6 Å². The number of aromatic nitrogens is 2. The van der Waals surface area contributed by atoms with Gasteiger partial charge in [-0.1, -0.05) is 30.3 Å². The third kappa shape index (κ3) is 3.90. The lowest BCUT2D eigenvalue weighted by atomic mass is 9.86. The average Bonchev–Trinajstić information content (AvgIpc) is 3.39. The zero-order chi connectivity index (χ0) is 22.2. The van der Waals surface area contributed by atoms with Gasteiger partial charge in [0.1, 0.15) is 5.83 Å². The fourth-order valence-corrected chi connectivity index (χ4v) is 5.23. The van der Waals surface area contributed by atoms with Crippen LogP contribution in [0.3, 0.4) is 0 Å². The predicted molar refractivity (Wildman–Crippen MR) is 117 cm³/mol. The molecule has 168 valence electrons. The molecule has 3 unspecified atom stereocenters. The molecule has 1 aromatic heterocycles. The van der Waals surface area contributed by atoms with Gasteiger partial charge in [0.2, 0.25) is 5.91 Å². The first kappa shape index (κ1) is 21.1. The monoisotopic (exact) mass is 439 g/mol. The molecule has 0 spiro atoms. The molecular formula is C25H27F2N3O2. The van der Waals surface area contributed by atoms with Crippen LogP contribution in [0.1, 0.15) is 43.7 Å². The molecule has 1 amide bonds. The highest BCUT2D eigenvalue weighted by molar-refractivity contribution is 5.79. The largest absolute Gasteiger partial charge is 0.393 e. The highest BCUT2D eigenvalue weighted by atomic mass is 19.2. The minimum absolute atomic E-state index is 0.0118. The second-order valence-corrected chi connectivity index (χ2v) is 9.00. The maximum absolute atomic E-state index is 13.5. The van der Waals surface area contributed by atoms with Crippen molar-refractivity contribution in [2.24, 2.45) is 5.92 Å². The Kier molecular flexibility index (Phi) is 5.67. The Labute approximate surface area is 186 Å². The second-order valence-electron chi connectivity index (χ2n) is 9.00. The molecule has 2 aromatic rings. The van der Waals surface area contributed by atoms with E-state index in [4.69, 9.17) is 0 Å². The van der Waals surface area contributed by atoms with Crippen LogP contribution in [0.25, 0.3) is 11.3 Å². The Morgan fingerprint density at radius 1 is 1.25 bits per heavy atom. The van der Waals surface area contributed by atoms with E-state index in [9.17, 15) is 18.7 Å². The molecule has 0 radical (unpaired) electrons. The van der Waals surface area contributed by atoms with Crippen molar-refractivity contribution in [3.05, 3.63) is 65.9 Å². The first-order valence-electron chi connectivity index (χ1n) is 11.3. The lowest BCUT2D eigenvalue weighted by Gasteiger charge is -2.35. The fraction of sp³-hybridized carbons (Fsp3) is 0.440. The van der Waals surface area contributed by atoms with Crippen LogP contribution in [-0.2, 0) is 4.79 Å². The van der Waals surface area contributed by atoms with Crippen LogP contribution in [0.2, 0.25) is 0 Å². The third-order valence-corrected chi connectivity index (χ3v) is 7.06. The number of allylic oxidation sites excluding steroid dienone is 3. The van der Waals surface area contributed by atoms with Crippen molar-refractivity contribution in [3.8, 4) is 11.3 Å². The summed E-state index contributed by atoms with van der Waals surface area (Å²) in [5.41, 5.74) is 4.01. The number of alkyl halides is 1. The summed E-state index contributed by atoms with van der Waals surface area (Å²) in [5.74, 6) is -0.748. The molecule has 7 heteroatoms. The van der Waals surface area contributed by atoms with Gasteiger partial charge in [0.25, 0.3) is 0 Å². The summed E-state index contributed by atoms with van der Waals surface area (Å²) in [6, 6.07) is 8.32. The fourth-order valence-electron chi connectivity index (χ4n) is 5.23. The smallest absolute Gasteiger partial charge is 0.226 e. The minimum atomic E-state index is -1.59. The maximum atomic E-state index is 13.5. The number of likely N-dealkylation sites (tertiary alicyclic amines) is 1. The summed E-state index contributed by atoms with van der Waals surface area (Å²) in [6.07, 6.45) is 6.54. The number of benzene rings is 1. The first-order valence-corrected chi connectivity index (χ1v) is 11.3. The van der Waals surface area contributed by atoms with Crippen molar-refractivity contribution < 1.29 is 18.7 Å². The van der Waals surface area contributed by atoms with E-state index in [-0.39, 0.29) is 30.7 Å². The highest BCUT2D eigenvalue weighted by Gasteiger charge is 2.34. The van der Waals surface area contributed by atoms with Crippen molar-refractivity contribution in [1.82, 2.24) is 14.5 Å². The van der Waals surface area contributed by atoms with E-state index in [1.807, 2.05) is 24.7 Å². The number of imidazole rings is 1. The molecule has 5 nitrogen and oxygen atoms in total. The normalized spacial score (nSPS) is 23.9. The number of rotatable bonds is 5. The molecule has 32 heavy (non-hydrogen) atoms. The number of hydrogen-bond donors (Lipinski definition) is 1. The summed E-state index contributed by atoms with van der Waals surface area (Å²) in [4.78, 5) is 18.7. The maximum Gasteiger partial charge on any atom is 0.226 e. The van der Waals surface area contributed by atoms with Crippen LogP contribution in [0.4, 0.5) is 8.78 Å². The molecule has 0 saturated carbocycles. The van der Waals surface area contributed by atoms with Gasteiger partial charge in [-0.2, -0.15) is 0 Å². The number of nitrogens with zero attached hydrogens (tertiary/aromatic N) is 3.